The summed E-state index contributed by atoms with van der Waals surface area (Å²) in [6, 6.07) is 5.53. The minimum absolute atomic E-state index is 0.112. The number of aryl methyl sites for hydroxylation is 2. The fraction of sp³-hybridized carbons (Fsp3) is 0.483. The van der Waals surface area contributed by atoms with Crippen molar-refractivity contribution in [3.63, 3.8) is 0 Å². The Morgan fingerprint density at radius 2 is 1.87 bits per heavy atom. The molecule has 1 aromatic heterocycles. The molecule has 1 aromatic carbocycles. The molecule has 2 N–H and O–H groups in total. The lowest BCUT2D eigenvalue weighted by Crippen LogP contribution is -2.48. The Bertz CT molecular complexity index is 1260. The summed E-state index contributed by atoms with van der Waals surface area (Å²) in [5.74, 6) is -0.302. The summed E-state index contributed by atoms with van der Waals surface area (Å²) in [4.78, 5) is 44.9. The van der Waals surface area contributed by atoms with E-state index in [1.54, 1.807) is 11.0 Å². The van der Waals surface area contributed by atoms with Crippen LogP contribution in [0.4, 0.5) is 10.5 Å². The molecular formula is C29H39ClN4O4. The van der Waals surface area contributed by atoms with Crippen molar-refractivity contribution in [2.24, 2.45) is 0 Å². The second kappa shape index (κ2) is 12.1. The quantitative estimate of drug-likeness (QED) is 0.464. The predicted octanol–water partition coefficient (Wildman–Crippen LogP) is 5.28. The highest BCUT2D eigenvalue weighted by Crippen LogP contribution is 2.32. The van der Waals surface area contributed by atoms with E-state index in [2.05, 4.69) is 21.8 Å². The van der Waals surface area contributed by atoms with Crippen molar-refractivity contribution in [2.45, 2.75) is 72.6 Å². The zero-order valence-corrected chi connectivity index (χ0v) is 24.0. The monoisotopic (exact) mass is 542 g/mol. The number of likely N-dealkylation sites (tertiary alicyclic amines) is 1. The smallest absolute Gasteiger partial charge is 0.410 e. The van der Waals surface area contributed by atoms with Gasteiger partial charge in [0.1, 0.15) is 5.60 Å². The fourth-order valence-corrected chi connectivity index (χ4v) is 5.05. The molecule has 3 rings (SSSR count). The number of carbonyl (C=O) groups is 2. The lowest BCUT2D eigenvalue weighted by atomic mass is 9.99. The number of piperidine rings is 1. The molecule has 0 atom stereocenters. The number of benzene rings is 1. The van der Waals surface area contributed by atoms with Crippen LogP contribution in [0.2, 0.25) is 5.02 Å². The van der Waals surface area contributed by atoms with Crippen molar-refractivity contribution in [3.05, 3.63) is 74.2 Å². The maximum Gasteiger partial charge on any atom is 0.410 e. The minimum Gasteiger partial charge on any atom is -0.444 e. The van der Waals surface area contributed by atoms with E-state index >= 15 is 0 Å². The van der Waals surface area contributed by atoms with Gasteiger partial charge in [-0.1, -0.05) is 17.7 Å². The number of carbonyl (C=O) groups excluding carboxylic acids is 2. The Morgan fingerprint density at radius 3 is 2.45 bits per heavy atom. The van der Waals surface area contributed by atoms with Crippen LogP contribution >= 0.6 is 11.6 Å². The first-order valence-electron chi connectivity index (χ1n) is 12.9. The van der Waals surface area contributed by atoms with Crippen molar-refractivity contribution >= 4 is 29.3 Å². The lowest BCUT2D eigenvalue weighted by molar-refractivity contribution is 0.0205. The molecule has 8 nitrogen and oxygen atoms in total. The summed E-state index contributed by atoms with van der Waals surface area (Å²) in [5, 5.41) is 3.33. The molecule has 0 unspecified atom stereocenters. The molecule has 0 saturated carbocycles. The normalized spacial score (nSPS) is 14.2. The highest BCUT2D eigenvalue weighted by Gasteiger charge is 2.30. The number of hydrogen-bond acceptors (Lipinski definition) is 5. The molecule has 1 fully saturated rings. The second-order valence-corrected chi connectivity index (χ2v) is 11.3. The summed E-state index contributed by atoms with van der Waals surface area (Å²) in [5.41, 5.74) is 3.47. The number of anilines is 1. The van der Waals surface area contributed by atoms with Gasteiger partial charge in [-0.2, -0.15) is 0 Å². The fourth-order valence-electron chi connectivity index (χ4n) is 4.83. The van der Waals surface area contributed by atoms with Crippen LogP contribution in [0, 0.1) is 20.8 Å². The van der Waals surface area contributed by atoms with Crippen LogP contribution in [-0.4, -0.2) is 53.2 Å². The van der Waals surface area contributed by atoms with Gasteiger partial charge in [0.15, 0.2) is 0 Å². The van der Waals surface area contributed by atoms with E-state index in [1.807, 2.05) is 59.8 Å². The van der Waals surface area contributed by atoms with E-state index in [4.69, 9.17) is 16.3 Å². The maximum absolute atomic E-state index is 13.2. The molecule has 0 aliphatic carbocycles. The largest absolute Gasteiger partial charge is 0.444 e. The van der Waals surface area contributed by atoms with Crippen LogP contribution in [-0.2, 0) is 11.3 Å². The first-order valence-corrected chi connectivity index (χ1v) is 13.3. The average Bonchev–Trinajstić information content (AvgIpc) is 2.82. The second-order valence-electron chi connectivity index (χ2n) is 10.9. The number of nitrogens with one attached hydrogen (secondary N) is 2. The Kier molecular flexibility index (Phi) is 9.31. The van der Waals surface area contributed by atoms with Crippen molar-refractivity contribution in [3.8, 4) is 0 Å². The number of hydrogen-bond donors (Lipinski definition) is 2. The predicted molar refractivity (Wildman–Crippen MR) is 152 cm³/mol. The van der Waals surface area contributed by atoms with Crippen molar-refractivity contribution in [1.29, 1.82) is 0 Å². The Hall–Kier alpha value is -3.26. The molecule has 9 heteroatoms. The number of H-pyrrole nitrogens is 1. The van der Waals surface area contributed by atoms with Gasteiger partial charge in [0, 0.05) is 59.8 Å². The molecule has 2 aromatic rings. The van der Waals surface area contributed by atoms with Crippen LogP contribution in [0.15, 0.2) is 35.6 Å². The molecule has 0 bridgehead atoms. The lowest BCUT2D eigenvalue weighted by Gasteiger charge is -2.40. The van der Waals surface area contributed by atoms with E-state index in [0.29, 0.717) is 35.8 Å². The molecule has 1 aliphatic heterocycles. The number of nitrogens with zero attached hydrogens (tertiary/aromatic N) is 2. The number of rotatable bonds is 7. The summed E-state index contributed by atoms with van der Waals surface area (Å²) in [6.07, 6.45) is 3.02. The summed E-state index contributed by atoms with van der Waals surface area (Å²) in [6.45, 7) is 16.9. The van der Waals surface area contributed by atoms with Gasteiger partial charge in [-0.25, -0.2) is 4.79 Å². The van der Waals surface area contributed by atoms with Gasteiger partial charge in [0.2, 0.25) is 0 Å². The van der Waals surface area contributed by atoms with Crippen molar-refractivity contribution in [1.82, 2.24) is 15.2 Å². The zero-order valence-electron chi connectivity index (χ0n) is 23.2. The Morgan fingerprint density at radius 1 is 1.21 bits per heavy atom. The first kappa shape index (κ1) is 29.3. The van der Waals surface area contributed by atoms with Crippen molar-refractivity contribution in [2.75, 3.05) is 24.5 Å². The Balaban J connectivity index is 1.79. The molecule has 2 heterocycles. The van der Waals surface area contributed by atoms with Crippen LogP contribution in [0.1, 0.15) is 66.4 Å². The number of amides is 2. The molecule has 206 valence electrons. The first-order chi connectivity index (χ1) is 17.8. The summed E-state index contributed by atoms with van der Waals surface area (Å²) in [7, 11) is 0. The number of pyridine rings is 1. The third-order valence-electron chi connectivity index (χ3n) is 6.70. The van der Waals surface area contributed by atoms with Gasteiger partial charge >= 0.3 is 6.09 Å². The molecule has 0 spiro atoms. The van der Waals surface area contributed by atoms with Crippen molar-refractivity contribution < 1.29 is 14.3 Å². The topological polar surface area (TPSA) is 94.7 Å². The highest BCUT2D eigenvalue weighted by atomic mass is 35.5. The number of ether oxygens (including phenoxy) is 1. The molecule has 1 saturated heterocycles. The van der Waals surface area contributed by atoms with Crippen LogP contribution in [0.25, 0.3) is 0 Å². The van der Waals surface area contributed by atoms with Gasteiger partial charge in [-0.05, 0) is 83.7 Å². The van der Waals surface area contributed by atoms with Gasteiger partial charge in [-0.15, -0.1) is 6.58 Å². The molecular weight excluding hydrogens is 504 g/mol. The van der Waals surface area contributed by atoms with E-state index < -0.39 is 5.60 Å². The summed E-state index contributed by atoms with van der Waals surface area (Å²) < 4.78 is 5.53. The highest BCUT2D eigenvalue weighted by molar-refractivity contribution is 6.31. The third-order valence-corrected chi connectivity index (χ3v) is 6.92. The van der Waals surface area contributed by atoms with E-state index in [1.165, 1.54) is 0 Å². The van der Waals surface area contributed by atoms with Gasteiger partial charge in [0.05, 0.1) is 0 Å². The average molecular weight is 543 g/mol. The number of aromatic nitrogens is 1. The van der Waals surface area contributed by atoms with Crippen LogP contribution in [0.3, 0.4) is 0 Å². The molecule has 38 heavy (non-hydrogen) atoms. The zero-order chi connectivity index (χ0) is 28.2. The van der Waals surface area contributed by atoms with Crippen LogP contribution in [0.5, 0.6) is 0 Å². The molecule has 0 radical (unpaired) electrons. The Labute approximate surface area is 230 Å². The number of aromatic amines is 1. The SMILES string of the molecule is C=CCN(c1cc(Cl)cc(C(=O)NCc2c(C)cc(C)[nH]c2=O)c1C)C1CCN(C(=O)OC(C)(C)C)CC1. The molecule has 2 amide bonds. The standard InChI is InChI=1S/C29H39ClN4O4/c1-8-11-34(22-9-12-33(13-10-22)28(37)38-29(5,6)7)25-16-21(30)15-23(20(25)4)26(35)31-17-24-18(2)14-19(3)32-27(24)36/h8,14-16,22H,1,9-13,17H2,2-7H3,(H,31,35)(H,32,36). The summed E-state index contributed by atoms with van der Waals surface area (Å²) >= 11 is 6.50. The van der Waals surface area contributed by atoms with Crippen LogP contribution < -0.4 is 15.8 Å². The van der Waals surface area contributed by atoms with E-state index in [0.717, 1.165) is 35.3 Å². The maximum atomic E-state index is 13.2. The molecule has 1 aliphatic rings. The van der Waals surface area contributed by atoms with E-state index in [-0.39, 0.29) is 30.1 Å². The number of halogens is 1. The van der Waals surface area contributed by atoms with Gasteiger partial charge < -0.3 is 24.8 Å². The van der Waals surface area contributed by atoms with Gasteiger partial charge in [0.25, 0.3) is 11.5 Å². The van der Waals surface area contributed by atoms with Gasteiger partial charge in [-0.3, -0.25) is 9.59 Å². The third kappa shape index (κ3) is 7.19. The van der Waals surface area contributed by atoms with E-state index in [9.17, 15) is 14.4 Å². The minimum atomic E-state index is -0.538.